The van der Waals surface area contributed by atoms with Crippen LogP contribution in [0.5, 0.6) is 0 Å². The van der Waals surface area contributed by atoms with Gasteiger partial charge in [-0.2, -0.15) is 4.98 Å². The number of rotatable bonds is 5. The molecule has 32 heavy (non-hydrogen) atoms. The summed E-state index contributed by atoms with van der Waals surface area (Å²) in [7, 11) is 1.98. The molecule has 2 atom stereocenters. The minimum absolute atomic E-state index is 0.139. The molecular formula is C23H31N5O4. The van der Waals surface area contributed by atoms with Gasteiger partial charge in [-0.1, -0.05) is 13.8 Å². The van der Waals surface area contributed by atoms with Crippen LogP contribution in [0.25, 0.3) is 22.6 Å². The van der Waals surface area contributed by atoms with Gasteiger partial charge in [0.05, 0.1) is 17.0 Å². The van der Waals surface area contributed by atoms with Gasteiger partial charge in [-0.3, -0.25) is 14.6 Å². The van der Waals surface area contributed by atoms with Crippen molar-refractivity contribution in [2.45, 2.75) is 59.5 Å². The summed E-state index contributed by atoms with van der Waals surface area (Å²) in [5.74, 6) is -0.757. The molecule has 0 saturated heterocycles. The van der Waals surface area contributed by atoms with Crippen LogP contribution in [0.15, 0.2) is 21.7 Å². The van der Waals surface area contributed by atoms with Crippen molar-refractivity contribution in [2.75, 3.05) is 13.6 Å². The molecule has 1 aliphatic carbocycles. The molecule has 2 aliphatic heterocycles. The molecule has 0 amide bonds. The summed E-state index contributed by atoms with van der Waals surface area (Å²) in [6.45, 7) is 9.12. The number of aromatic amines is 1. The predicted octanol–water partition coefficient (Wildman–Crippen LogP) is 2.41. The minimum atomic E-state index is -0.733. The number of aryl methyl sites for hydroxylation is 2. The number of nitrogens with one attached hydrogen (secondary N) is 1. The fraction of sp³-hybridized carbons (Fsp3) is 0.522. The van der Waals surface area contributed by atoms with E-state index in [0.717, 1.165) is 23.1 Å². The molecule has 1 aromatic rings. The standard InChI is InChI=1S/C21H25N5O4.C2H6/c1-11-8-15-16(9-12(11)2)26(18-17(22-15)19(27)24-21(30)23-18)7-6-25(3)14-5-4-13(10-14)20(28)29;1-2/h8-9,13-14H,4-7,10H2,1-3H3,(H,28,29)(H,24,27,30);1-2H3/t13-,14+;/m0./s1. The lowest BCUT2D eigenvalue weighted by molar-refractivity contribution is -0.141. The molecule has 9 nitrogen and oxygen atoms in total. The van der Waals surface area contributed by atoms with E-state index in [0.29, 0.717) is 31.4 Å². The Hall–Kier alpha value is -3.07. The lowest BCUT2D eigenvalue weighted by Crippen LogP contribution is -2.34. The van der Waals surface area contributed by atoms with Crippen LogP contribution in [0.3, 0.4) is 0 Å². The number of nitrogens with zero attached hydrogens (tertiary/aromatic N) is 4. The highest BCUT2D eigenvalue weighted by Crippen LogP contribution is 2.29. The third-order valence-corrected chi connectivity index (χ3v) is 6.28. The molecule has 172 valence electrons. The van der Waals surface area contributed by atoms with Crippen LogP contribution in [0, 0.1) is 19.8 Å². The van der Waals surface area contributed by atoms with Crippen LogP contribution >= 0.6 is 0 Å². The van der Waals surface area contributed by atoms with Crippen molar-refractivity contribution in [2.24, 2.45) is 5.92 Å². The van der Waals surface area contributed by atoms with E-state index in [1.807, 2.05) is 51.4 Å². The molecule has 0 unspecified atom stereocenters. The molecule has 1 aromatic carbocycles. The first-order chi connectivity index (χ1) is 15.2. The van der Waals surface area contributed by atoms with E-state index < -0.39 is 17.2 Å². The van der Waals surface area contributed by atoms with Gasteiger partial charge in [-0.15, -0.1) is 0 Å². The summed E-state index contributed by atoms with van der Waals surface area (Å²) >= 11 is 0. The Bertz CT molecular complexity index is 1220. The van der Waals surface area contributed by atoms with Crippen molar-refractivity contribution in [1.82, 2.24) is 24.4 Å². The molecule has 9 heteroatoms. The normalized spacial score (nSPS) is 18.2. The van der Waals surface area contributed by atoms with Crippen LogP contribution in [0.4, 0.5) is 0 Å². The maximum absolute atomic E-state index is 12.4. The first kappa shape index (κ1) is 23.6. The summed E-state index contributed by atoms with van der Waals surface area (Å²) in [6.07, 6.45) is 2.17. The summed E-state index contributed by atoms with van der Waals surface area (Å²) in [5, 5.41) is 9.26. The Labute approximate surface area is 186 Å². The molecule has 0 radical (unpaired) electrons. The van der Waals surface area contributed by atoms with Gasteiger partial charge in [0.2, 0.25) is 0 Å². The second-order valence-electron chi connectivity index (χ2n) is 8.21. The summed E-state index contributed by atoms with van der Waals surface area (Å²) in [6, 6.07) is 4.13. The summed E-state index contributed by atoms with van der Waals surface area (Å²) < 4.78 is 1.88. The van der Waals surface area contributed by atoms with Crippen LogP contribution < -0.4 is 11.2 Å². The van der Waals surface area contributed by atoms with Crippen molar-refractivity contribution in [3.05, 3.63) is 44.1 Å². The first-order valence-corrected chi connectivity index (χ1v) is 11.1. The van der Waals surface area contributed by atoms with E-state index in [-0.39, 0.29) is 23.5 Å². The van der Waals surface area contributed by atoms with Crippen LogP contribution in [0.2, 0.25) is 0 Å². The third-order valence-electron chi connectivity index (χ3n) is 6.28. The van der Waals surface area contributed by atoms with Gasteiger partial charge >= 0.3 is 11.7 Å². The molecule has 3 aliphatic rings. The van der Waals surface area contributed by atoms with Gasteiger partial charge < -0.3 is 14.6 Å². The highest BCUT2D eigenvalue weighted by Gasteiger charge is 2.32. The number of fused-ring (bicyclic) bond motifs is 2. The number of hydrogen-bond acceptors (Lipinski definition) is 6. The fourth-order valence-electron chi connectivity index (χ4n) is 4.30. The molecule has 2 heterocycles. The quantitative estimate of drug-likeness (QED) is 0.583. The van der Waals surface area contributed by atoms with Gasteiger partial charge in [-0.05, 0) is 63.4 Å². The Morgan fingerprint density at radius 2 is 1.88 bits per heavy atom. The Morgan fingerprint density at radius 1 is 1.19 bits per heavy atom. The highest BCUT2D eigenvalue weighted by atomic mass is 16.4. The maximum atomic E-state index is 12.4. The molecule has 0 bridgehead atoms. The molecule has 2 N–H and O–H groups in total. The second-order valence-corrected chi connectivity index (χ2v) is 8.21. The van der Waals surface area contributed by atoms with Crippen LogP contribution in [-0.4, -0.2) is 55.1 Å². The zero-order valence-corrected chi connectivity index (χ0v) is 19.3. The predicted molar refractivity (Wildman–Crippen MR) is 123 cm³/mol. The number of hydrogen-bond donors (Lipinski definition) is 2. The number of carbonyl (C=O) groups is 1. The summed E-state index contributed by atoms with van der Waals surface area (Å²) in [4.78, 5) is 48.4. The number of carboxylic acids is 1. The Morgan fingerprint density at radius 3 is 2.53 bits per heavy atom. The van der Waals surface area contributed by atoms with E-state index >= 15 is 0 Å². The molecular weight excluding hydrogens is 410 g/mol. The number of H-pyrrole nitrogens is 1. The minimum Gasteiger partial charge on any atom is -0.481 e. The van der Waals surface area contributed by atoms with Gasteiger partial charge in [0, 0.05) is 19.1 Å². The Kier molecular flexibility index (Phi) is 7.08. The molecule has 0 spiro atoms. The van der Waals surface area contributed by atoms with E-state index in [4.69, 9.17) is 0 Å². The number of benzene rings is 1. The molecule has 1 fully saturated rings. The highest BCUT2D eigenvalue weighted by molar-refractivity contribution is 5.81. The topological polar surface area (TPSA) is 121 Å². The summed E-state index contributed by atoms with van der Waals surface area (Å²) in [5.41, 5.74) is 2.52. The number of aromatic nitrogens is 4. The average molecular weight is 442 g/mol. The van der Waals surface area contributed by atoms with Crippen LogP contribution in [0.1, 0.15) is 44.2 Å². The zero-order valence-electron chi connectivity index (χ0n) is 19.3. The van der Waals surface area contributed by atoms with Crippen molar-refractivity contribution in [3.63, 3.8) is 0 Å². The van der Waals surface area contributed by atoms with Gasteiger partial charge in [0.15, 0.2) is 11.5 Å². The van der Waals surface area contributed by atoms with E-state index in [9.17, 15) is 19.5 Å². The van der Waals surface area contributed by atoms with Gasteiger partial charge in [-0.25, -0.2) is 9.78 Å². The number of aliphatic carboxylic acids is 1. The van der Waals surface area contributed by atoms with Crippen molar-refractivity contribution >= 4 is 17.0 Å². The second kappa shape index (κ2) is 9.60. The van der Waals surface area contributed by atoms with Crippen molar-refractivity contribution in [1.29, 1.82) is 0 Å². The van der Waals surface area contributed by atoms with E-state index in [1.165, 1.54) is 0 Å². The lowest BCUT2D eigenvalue weighted by Gasteiger charge is -2.26. The third kappa shape index (κ3) is 4.57. The van der Waals surface area contributed by atoms with E-state index in [1.54, 1.807) is 0 Å². The first-order valence-electron chi connectivity index (χ1n) is 11.1. The zero-order chi connectivity index (χ0) is 23.6. The monoisotopic (exact) mass is 441 g/mol. The van der Waals surface area contributed by atoms with Gasteiger partial charge in [0.1, 0.15) is 0 Å². The molecule has 4 rings (SSSR count). The fourth-order valence-corrected chi connectivity index (χ4v) is 4.30. The van der Waals surface area contributed by atoms with E-state index in [2.05, 4.69) is 19.9 Å². The van der Waals surface area contributed by atoms with Crippen molar-refractivity contribution < 1.29 is 9.90 Å². The Balaban J connectivity index is 0.00000141. The lowest BCUT2D eigenvalue weighted by atomic mass is 10.1. The average Bonchev–Trinajstić information content (AvgIpc) is 3.25. The smallest absolute Gasteiger partial charge is 0.349 e. The SMILES string of the molecule is CC.Cc1cc2nc3c(=O)[nH]c(=O)nc-3n(CCN(C)[C@@H]3CC[C@H](C(=O)O)C3)c2cc1C. The maximum Gasteiger partial charge on any atom is 0.349 e. The molecule has 1 saturated carbocycles. The number of carboxylic acid groups (broad SMARTS) is 1. The van der Waals surface area contributed by atoms with Gasteiger partial charge in [0.25, 0.3) is 5.56 Å². The number of likely N-dealkylation sites (N-methyl/N-ethyl adjacent to an activating group) is 1. The molecule has 0 aromatic heterocycles. The van der Waals surface area contributed by atoms with Crippen molar-refractivity contribution in [3.8, 4) is 11.5 Å². The van der Waals surface area contributed by atoms with Crippen LogP contribution in [-0.2, 0) is 11.3 Å². The largest absolute Gasteiger partial charge is 0.481 e.